The van der Waals surface area contributed by atoms with Crippen LogP contribution in [0.1, 0.15) is 34.9 Å². The molecule has 1 saturated heterocycles. The molecule has 5 nitrogen and oxygen atoms in total. The fourth-order valence-corrected chi connectivity index (χ4v) is 3.37. The molecule has 4 rings (SSSR count). The maximum Gasteiger partial charge on any atom is 0.272 e. The van der Waals surface area contributed by atoms with Gasteiger partial charge in [-0.25, -0.2) is 9.97 Å². The van der Waals surface area contributed by atoms with Crippen molar-refractivity contribution < 1.29 is 4.79 Å². The van der Waals surface area contributed by atoms with Gasteiger partial charge in [-0.1, -0.05) is 23.7 Å². The lowest BCUT2D eigenvalue weighted by molar-refractivity contribution is 0.0740. The minimum atomic E-state index is -0.00175. The summed E-state index contributed by atoms with van der Waals surface area (Å²) in [5.41, 5.74) is 2.55. The topological polar surface area (TPSA) is 49.3 Å². The minimum Gasteiger partial charge on any atom is -0.367 e. The Labute approximate surface area is 146 Å². The van der Waals surface area contributed by atoms with Gasteiger partial charge in [0.25, 0.3) is 5.91 Å². The van der Waals surface area contributed by atoms with E-state index in [4.69, 9.17) is 11.6 Å². The van der Waals surface area contributed by atoms with E-state index in [2.05, 4.69) is 14.9 Å². The van der Waals surface area contributed by atoms with Gasteiger partial charge in [0.2, 0.25) is 0 Å². The molecular formula is C18H19ClN4O. The zero-order valence-corrected chi connectivity index (χ0v) is 14.1. The van der Waals surface area contributed by atoms with Gasteiger partial charge in [0.1, 0.15) is 12.0 Å². The number of rotatable bonds is 3. The summed E-state index contributed by atoms with van der Waals surface area (Å²) < 4.78 is 0. The SMILES string of the molecule is O=C(c1cc(C2CC2)ncn1)N1CCN(c2ccccc2Cl)CC1. The molecule has 0 bridgehead atoms. The summed E-state index contributed by atoms with van der Waals surface area (Å²) in [6.45, 7) is 2.89. The van der Waals surface area contributed by atoms with Crippen LogP contribution < -0.4 is 4.90 Å². The van der Waals surface area contributed by atoms with Crippen molar-refractivity contribution in [3.63, 3.8) is 0 Å². The first kappa shape index (κ1) is 15.4. The highest BCUT2D eigenvalue weighted by atomic mass is 35.5. The Balaban J connectivity index is 1.43. The summed E-state index contributed by atoms with van der Waals surface area (Å²) in [6.07, 6.45) is 3.85. The van der Waals surface area contributed by atoms with Crippen molar-refractivity contribution in [3.8, 4) is 0 Å². The zero-order chi connectivity index (χ0) is 16.5. The van der Waals surface area contributed by atoms with Crippen LogP contribution in [0.2, 0.25) is 5.02 Å². The van der Waals surface area contributed by atoms with Crippen LogP contribution in [0.15, 0.2) is 36.7 Å². The number of hydrogen-bond acceptors (Lipinski definition) is 4. The van der Waals surface area contributed by atoms with E-state index >= 15 is 0 Å². The average molecular weight is 343 g/mol. The molecule has 1 aliphatic heterocycles. The fraction of sp³-hybridized carbons (Fsp3) is 0.389. The average Bonchev–Trinajstić information content (AvgIpc) is 3.47. The van der Waals surface area contributed by atoms with Gasteiger partial charge in [-0.3, -0.25) is 4.79 Å². The normalized spacial score (nSPS) is 17.9. The van der Waals surface area contributed by atoms with Gasteiger partial charge in [-0.2, -0.15) is 0 Å². The molecule has 2 fully saturated rings. The lowest BCUT2D eigenvalue weighted by atomic mass is 10.2. The summed E-state index contributed by atoms with van der Waals surface area (Å²) in [4.78, 5) is 25.3. The van der Waals surface area contributed by atoms with E-state index in [1.165, 1.54) is 19.2 Å². The third kappa shape index (κ3) is 3.08. The molecule has 1 aliphatic carbocycles. The summed E-state index contributed by atoms with van der Waals surface area (Å²) in [5, 5.41) is 0.752. The smallest absolute Gasteiger partial charge is 0.272 e. The molecule has 0 radical (unpaired) electrons. The number of carbonyl (C=O) groups is 1. The van der Waals surface area contributed by atoms with E-state index in [-0.39, 0.29) is 5.91 Å². The summed E-state index contributed by atoms with van der Waals surface area (Å²) in [5.74, 6) is 0.523. The number of amides is 1. The Hall–Kier alpha value is -2.14. The first-order chi connectivity index (χ1) is 11.7. The van der Waals surface area contributed by atoms with E-state index in [9.17, 15) is 4.79 Å². The molecule has 24 heavy (non-hydrogen) atoms. The molecule has 2 heterocycles. The Morgan fingerprint density at radius 3 is 2.54 bits per heavy atom. The highest BCUT2D eigenvalue weighted by Gasteiger charge is 2.28. The van der Waals surface area contributed by atoms with Gasteiger partial charge in [-0.15, -0.1) is 0 Å². The second kappa shape index (κ2) is 6.40. The molecule has 2 aromatic rings. The van der Waals surface area contributed by atoms with Crippen LogP contribution >= 0.6 is 11.6 Å². The molecule has 0 atom stereocenters. The van der Waals surface area contributed by atoms with Crippen molar-refractivity contribution in [2.45, 2.75) is 18.8 Å². The van der Waals surface area contributed by atoms with Crippen LogP contribution in [-0.4, -0.2) is 47.0 Å². The van der Waals surface area contributed by atoms with Crippen LogP contribution in [0.3, 0.4) is 0 Å². The van der Waals surface area contributed by atoms with Crippen LogP contribution in [0.25, 0.3) is 0 Å². The third-order valence-corrected chi connectivity index (χ3v) is 4.98. The maximum atomic E-state index is 12.7. The van der Waals surface area contributed by atoms with Crippen molar-refractivity contribution in [2.24, 2.45) is 0 Å². The highest BCUT2D eigenvalue weighted by Crippen LogP contribution is 2.38. The molecule has 0 N–H and O–H groups in total. The molecule has 1 amide bonds. The standard InChI is InChI=1S/C18H19ClN4O/c19-14-3-1-2-4-17(14)22-7-9-23(10-8-22)18(24)16-11-15(13-5-6-13)20-12-21-16/h1-4,11-13H,5-10H2. The molecule has 124 valence electrons. The number of para-hydroxylation sites is 1. The van der Waals surface area contributed by atoms with Crippen LogP contribution in [0, 0.1) is 0 Å². The van der Waals surface area contributed by atoms with Crippen molar-refractivity contribution in [2.75, 3.05) is 31.1 Å². The van der Waals surface area contributed by atoms with Gasteiger partial charge in [0, 0.05) is 37.8 Å². The predicted octanol–water partition coefficient (Wildman–Crippen LogP) is 2.97. The first-order valence-electron chi connectivity index (χ1n) is 8.33. The molecule has 1 aromatic heterocycles. The number of aromatic nitrogens is 2. The lowest BCUT2D eigenvalue weighted by Crippen LogP contribution is -2.49. The van der Waals surface area contributed by atoms with Gasteiger partial charge in [0.05, 0.1) is 10.7 Å². The quantitative estimate of drug-likeness (QED) is 0.860. The fourth-order valence-electron chi connectivity index (χ4n) is 3.11. The van der Waals surface area contributed by atoms with E-state index in [1.807, 2.05) is 35.2 Å². The van der Waals surface area contributed by atoms with Crippen molar-refractivity contribution in [1.82, 2.24) is 14.9 Å². The number of hydrogen-bond donors (Lipinski definition) is 0. The number of nitrogens with zero attached hydrogens (tertiary/aromatic N) is 4. The van der Waals surface area contributed by atoms with E-state index < -0.39 is 0 Å². The van der Waals surface area contributed by atoms with Gasteiger partial charge in [0.15, 0.2) is 0 Å². The Bertz CT molecular complexity index is 754. The molecule has 0 spiro atoms. The van der Waals surface area contributed by atoms with Crippen molar-refractivity contribution in [3.05, 3.63) is 53.1 Å². The first-order valence-corrected chi connectivity index (χ1v) is 8.71. The lowest BCUT2D eigenvalue weighted by Gasteiger charge is -2.36. The monoisotopic (exact) mass is 342 g/mol. The van der Waals surface area contributed by atoms with Gasteiger partial charge >= 0.3 is 0 Å². The molecule has 2 aliphatic rings. The highest BCUT2D eigenvalue weighted by molar-refractivity contribution is 6.33. The van der Waals surface area contributed by atoms with E-state index in [0.29, 0.717) is 24.7 Å². The summed E-state index contributed by atoms with van der Waals surface area (Å²) in [7, 11) is 0. The second-order valence-electron chi connectivity index (χ2n) is 6.33. The second-order valence-corrected chi connectivity index (χ2v) is 6.74. The number of halogens is 1. The van der Waals surface area contributed by atoms with Gasteiger partial charge in [-0.05, 0) is 31.0 Å². The maximum absolute atomic E-state index is 12.7. The van der Waals surface area contributed by atoms with Crippen molar-refractivity contribution in [1.29, 1.82) is 0 Å². The molecule has 6 heteroatoms. The number of anilines is 1. The minimum absolute atomic E-state index is 0.00175. The third-order valence-electron chi connectivity index (χ3n) is 4.66. The molecule has 0 unspecified atom stereocenters. The predicted molar refractivity (Wildman–Crippen MR) is 93.6 cm³/mol. The molecular weight excluding hydrogens is 324 g/mol. The van der Waals surface area contributed by atoms with Crippen LogP contribution in [-0.2, 0) is 0 Å². The summed E-state index contributed by atoms with van der Waals surface area (Å²) >= 11 is 6.27. The van der Waals surface area contributed by atoms with Crippen molar-refractivity contribution >= 4 is 23.2 Å². The Morgan fingerprint density at radius 2 is 1.83 bits per heavy atom. The largest absolute Gasteiger partial charge is 0.367 e. The van der Waals surface area contributed by atoms with Gasteiger partial charge < -0.3 is 9.80 Å². The summed E-state index contributed by atoms with van der Waals surface area (Å²) in [6, 6.07) is 9.69. The van der Waals surface area contributed by atoms with Crippen LogP contribution in [0.5, 0.6) is 0 Å². The molecule has 1 aromatic carbocycles. The number of carbonyl (C=O) groups excluding carboxylic acids is 1. The Kier molecular flexibility index (Phi) is 4.10. The van der Waals surface area contributed by atoms with Crippen LogP contribution in [0.4, 0.5) is 5.69 Å². The van der Waals surface area contributed by atoms with E-state index in [1.54, 1.807) is 0 Å². The molecule has 1 saturated carbocycles. The zero-order valence-electron chi connectivity index (χ0n) is 13.4. The van der Waals surface area contributed by atoms with E-state index in [0.717, 1.165) is 29.5 Å². The number of piperazine rings is 1. The Morgan fingerprint density at radius 1 is 1.08 bits per heavy atom. The number of benzene rings is 1.